The first-order valence-electron chi connectivity index (χ1n) is 7.70. The fraction of sp³-hybridized carbons (Fsp3) is 0.471. The highest BCUT2D eigenvalue weighted by Crippen LogP contribution is 2.32. The van der Waals surface area contributed by atoms with Gasteiger partial charge in [-0.1, -0.05) is 19.9 Å². The molecule has 1 aromatic carbocycles. The van der Waals surface area contributed by atoms with Crippen molar-refractivity contribution in [1.29, 1.82) is 0 Å². The topological polar surface area (TPSA) is 56.5 Å². The molecule has 5 heteroatoms. The second-order valence-corrected chi connectivity index (χ2v) is 5.82. The maximum absolute atomic E-state index is 5.64. The van der Waals surface area contributed by atoms with Gasteiger partial charge in [0.1, 0.15) is 19.0 Å². The van der Waals surface area contributed by atoms with Crippen molar-refractivity contribution in [3.05, 3.63) is 41.6 Å². The van der Waals surface area contributed by atoms with Crippen LogP contribution in [0.3, 0.4) is 0 Å². The lowest BCUT2D eigenvalue weighted by atomic mass is 10.1. The summed E-state index contributed by atoms with van der Waals surface area (Å²) < 4.78 is 16.6. The summed E-state index contributed by atoms with van der Waals surface area (Å²) in [7, 11) is 0. The number of nitrogens with zero attached hydrogens (tertiary/aromatic N) is 1. The molecule has 0 aliphatic carbocycles. The molecule has 1 N–H and O–H groups in total. The van der Waals surface area contributed by atoms with Crippen LogP contribution in [0, 0.1) is 0 Å². The third-order valence-corrected chi connectivity index (χ3v) is 3.84. The van der Waals surface area contributed by atoms with Gasteiger partial charge in [-0.15, -0.1) is 0 Å². The Balaban J connectivity index is 1.67. The van der Waals surface area contributed by atoms with E-state index < -0.39 is 0 Å². The minimum absolute atomic E-state index is 0.188. The van der Waals surface area contributed by atoms with Crippen molar-refractivity contribution in [2.45, 2.75) is 39.3 Å². The zero-order chi connectivity index (χ0) is 15.5. The molecule has 2 heterocycles. The summed E-state index contributed by atoms with van der Waals surface area (Å²) in [4.78, 5) is 4.30. The maximum Gasteiger partial charge on any atom is 0.181 e. The van der Waals surface area contributed by atoms with Crippen LogP contribution in [0.1, 0.15) is 49.7 Å². The lowest BCUT2D eigenvalue weighted by Gasteiger charge is -2.21. The van der Waals surface area contributed by atoms with Crippen LogP contribution < -0.4 is 14.8 Å². The van der Waals surface area contributed by atoms with E-state index in [1.54, 1.807) is 0 Å². The van der Waals surface area contributed by atoms with Crippen molar-refractivity contribution in [3.8, 4) is 11.5 Å². The van der Waals surface area contributed by atoms with Crippen LogP contribution in [0.4, 0.5) is 0 Å². The molecule has 0 bridgehead atoms. The van der Waals surface area contributed by atoms with E-state index in [1.807, 2.05) is 12.1 Å². The van der Waals surface area contributed by atoms with Gasteiger partial charge < -0.3 is 19.2 Å². The first kappa shape index (κ1) is 14.9. The molecule has 5 nitrogen and oxygen atoms in total. The smallest absolute Gasteiger partial charge is 0.181 e. The quantitative estimate of drug-likeness (QED) is 0.917. The van der Waals surface area contributed by atoms with Crippen LogP contribution in [-0.2, 0) is 6.54 Å². The number of oxazole rings is 1. The van der Waals surface area contributed by atoms with Crippen LogP contribution in [0.5, 0.6) is 11.5 Å². The fourth-order valence-corrected chi connectivity index (χ4v) is 2.58. The predicted octanol–water partition coefficient (Wildman–Crippen LogP) is 3.42. The summed E-state index contributed by atoms with van der Waals surface area (Å²) in [5.41, 5.74) is 2.14. The molecule has 1 aliphatic heterocycles. The lowest BCUT2D eigenvalue weighted by Crippen LogP contribution is -2.20. The second kappa shape index (κ2) is 6.40. The van der Waals surface area contributed by atoms with Crippen LogP contribution in [-0.4, -0.2) is 18.2 Å². The number of rotatable bonds is 5. The number of hydrogen-bond acceptors (Lipinski definition) is 5. The number of fused-ring (bicyclic) bond motifs is 1. The normalized spacial score (nSPS) is 15.1. The van der Waals surface area contributed by atoms with Gasteiger partial charge in [-0.3, -0.25) is 0 Å². The van der Waals surface area contributed by atoms with Gasteiger partial charge >= 0.3 is 0 Å². The minimum Gasteiger partial charge on any atom is -0.486 e. The molecule has 0 fully saturated rings. The van der Waals surface area contributed by atoms with E-state index >= 15 is 0 Å². The Hall–Kier alpha value is -2.01. The van der Waals surface area contributed by atoms with Gasteiger partial charge in [-0.05, 0) is 24.6 Å². The van der Waals surface area contributed by atoms with Crippen LogP contribution >= 0.6 is 0 Å². The van der Waals surface area contributed by atoms with Crippen molar-refractivity contribution in [2.24, 2.45) is 0 Å². The molecule has 3 rings (SSSR count). The number of aromatic nitrogens is 1. The van der Waals surface area contributed by atoms with E-state index in [-0.39, 0.29) is 6.04 Å². The molecular formula is C17H22N2O3. The van der Waals surface area contributed by atoms with Gasteiger partial charge in [0.05, 0.1) is 5.69 Å². The summed E-state index contributed by atoms with van der Waals surface area (Å²) >= 11 is 0. The highest BCUT2D eigenvalue weighted by Gasteiger charge is 2.16. The Morgan fingerprint density at radius 1 is 1.14 bits per heavy atom. The molecule has 0 amide bonds. The van der Waals surface area contributed by atoms with Crippen LogP contribution in [0.25, 0.3) is 0 Å². The maximum atomic E-state index is 5.64. The Kier molecular flexibility index (Phi) is 4.34. The van der Waals surface area contributed by atoms with Gasteiger partial charge in [0.2, 0.25) is 0 Å². The van der Waals surface area contributed by atoms with Crippen molar-refractivity contribution >= 4 is 0 Å². The zero-order valence-electron chi connectivity index (χ0n) is 13.3. The van der Waals surface area contributed by atoms with Crippen LogP contribution in [0.15, 0.2) is 29.0 Å². The highest BCUT2D eigenvalue weighted by atomic mass is 16.6. The van der Waals surface area contributed by atoms with Crippen molar-refractivity contribution in [3.63, 3.8) is 0 Å². The number of benzene rings is 1. The molecule has 0 radical (unpaired) electrons. The first-order valence-corrected chi connectivity index (χ1v) is 7.70. The third kappa shape index (κ3) is 3.09. The predicted molar refractivity (Wildman–Crippen MR) is 83.3 cm³/mol. The Morgan fingerprint density at radius 3 is 2.68 bits per heavy atom. The van der Waals surface area contributed by atoms with E-state index in [0.29, 0.717) is 25.7 Å². The van der Waals surface area contributed by atoms with E-state index in [4.69, 9.17) is 13.9 Å². The molecule has 2 aromatic rings. The van der Waals surface area contributed by atoms with Gasteiger partial charge in [-0.25, -0.2) is 4.98 Å². The lowest BCUT2D eigenvalue weighted by molar-refractivity contribution is 0.171. The summed E-state index contributed by atoms with van der Waals surface area (Å²) in [6, 6.07) is 6.26. The molecule has 22 heavy (non-hydrogen) atoms. The van der Waals surface area contributed by atoms with Crippen molar-refractivity contribution in [1.82, 2.24) is 10.3 Å². The van der Waals surface area contributed by atoms with Crippen molar-refractivity contribution < 1.29 is 13.9 Å². The van der Waals surface area contributed by atoms with E-state index in [2.05, 4.69) is 37.1 Å². The summed E-state index contributed by atoms with van der Waals surface area (Å²) in [6.07, 6.45) is 1.51. The molecule has 1 aromatic heterocycles. The number of hydrogen-bond donors (Lipinski definition) is 1. The van der Waals surface area contributed by atoms with E-state index in [0.717, 1.165) is 23.0 Å². The zero-order valence-corrected chi connectivity index (χ0v) is 13.3. The Bertz CT molecular complexity index is 637. The fourth-order valence-electron chi connectivity index (χ4n) is 2.58. The van der Waals surface area contributed by atoms with Gasteiger partial charge in [-0.2, -0.15) is 0 Å². The Morgan fingerprint density at radius 2 is 1.91 bits per heavy atom. The molecule has 118 valence electrons. The first-order chi connectivity index (χ1) is 10.6. The summed E-state index contributed by atoms with van der Waals surface area (Å²) in [6.45, 7) is 8.24. The summed E-state index contributed by atoms with van der Waals surface area (Å²) in [5, 5.41) is 3.48. The van der Waals surface area contributed by atoms with Crippen molar-refractivity contribution in [2.75, 3.05) is 13.2 Å². The third-order valence-electron chi connectivity index (χ3n) is 3.84. The minimum atomic E-state index is 0.188. The van der Waals surface area contributed by atoms with E-state index in [1.165, 1.54) is 12.0 Å². The molecule has 0 saturated carbocycles. The largest absolute Gasteiger partial charge is 0.486 e. The number of ether oxygens (including phenoxy) is 2. The van der Waals surface area contributed by atoms with Gasteiger partial charge in [0, 0.05) is 18.5 Å². The molecule has 0 saturated heterocycles. The molecule has 0 spiro atoms. The average Bonchev–Trinajstić information content (AvgIpc) is 3.01. The molecule has 1 atom stereocenters. The average molecular weight is 302 g/mol. The number of nitrogens with one attached hydrogen (secondary N) is 1. The highest BCUT2D eigenvalue weighted by molar-refractivity contribution is 5.44. The molecule has 1 aliphatic rings. The molecule has 0 unspecified atom stereocenters. The molecular weight excluding hydrogens is 280 g/mol. The Labute approximate surface area is 130 Å². The van der Waals surface area contributed by atoms with Gasteiger partial charge in [0.25, 0.3) is 0 Å². The second-order valence-electron chi connectivity index (χ2n) is 5.82. The summed E-state index contributed by atoms with van der Waals surface area (Å²) in [5.74, 6) is 2.92. The van der Waals surface area contributed by atoms with Gasteiger partial charge in [0.15, 0.2) is 17.9 Å². The monoisotopic (exact) mass is 302 g/mol. The van der Waals surface area contributed by atoms with Crippen LogP contribution in [0.2, 0.25) is 0 Å². The van der Waals surface area contributed by atoms with E-state index in [9.17, 15) is 0 Å². The standard InChI is InChI=1S/C17H22N2O3/c1-11(2)17-14(19-10-22-17)9-18-12(3)13-4-5-15-16(8-13)21-7-6-20-15/h4-5,8,10-12,18H,6-7,9H2,1-3H3/t12-/m0/s1. The SMILES string of the molecule is CC(C)c1ocnc1CN[C@@H](C)c1ccc2c(c1)OCCO2.